The molecule has 0 aromatic heterocycles. The first kappa shape index (κ1) is 23.6. The molecule has 2 aromatic carbocycles. The molecule has 33 heavy (non-hydrogen) atoms. The van der Waals surface area contributed by atoms with Gasteiger partial charge in [0.25, 0.3) is 0 Å². The van der Waals surface area contributed by atoms with Crippen LogP contribution < -0.4 is 0 Å². The Bertz CT molecular complexity index is 1090. The third-order valence-electron chi connectivity index (χ3n) is 7.36. The first-order valence-electron chi connectivity index (χ1n) is 11.1. The van der Waals surface area contributed by atoms with Crippen molar-refractivity contribution in [1.82, 2.24) is 10.1 Å². The molecular formula is C26H30N2O5. The van der Waals surface area contributed by atoms with Crippen molar-refractivity contribution in [3.05, 3.63) is 69.8 Å². The van der Waals surface area contributed by atoms with E-state index in [0.29, 0.717) is 0 Å². The summed E-state index contributed by atoms with van der Waals surface area (Å²) < 4.78 is 5.17. The second-order valence-electron chi connectivity index (χ2n) is 11.0. The average molecular weight is 451 g/mol. The summed E-state index contributed by atoms with van der Waals surface area (Å²) in [4.78, 5) is 25.6. The van der Waals surface area contributed by atoms with Gasteiger partial charge in [-0.05, 0) is 102 Å². The van der Waals surface area contributed by atoms with E-state index in [-0.39, 0.29) is 11.1 Å². The van der Waals surface area contributed by atoms with Gasteiger partial charge in [0.05, 0.1) is 33.3 Å². The van der Waals surface area contributed by atoms with Crippen LogP contribution in [-0.4, -0.2) is 22.1 Å². The van der Waals surface area contributed by atoms with Crippen molar-refractivity contribution in [3.63, 3.8) is 0 Å². The molecule has 0 atom stereocenters. The standard InChI is InChI=1S/C26H30N2O5/c1-23(2)17-11-9-15(13-19(17)25(5,6)27(23)31)21(29)33-22(30)16-10-12-18-20(14-16)26(7,8)28(32)24(18,3)4/h9-14H,1-8H3. The van der Waals surface area contributed by atoms with Crippen molar-refractivity contribution in [2.24, 2.45) is 0 Å². The molecule has 0 saturated carbocycles. The van der Waals surface area contributed by atoms with E-state index < -0.39 is 34.1 Å². The van der Waals surface area contributed by atoms with Gasteiger partial charge in [0, 0.05) is 0 Å². The summed E-state index contributed by atoms with van der Waals surface area (Å²) in [5.74, 6) is -1.57. The molecule has 2 aliphatic rings. The number of ether oxygens (including phenoxy) is 1. The van der Waals surface area contributed by atoms with Gasteiger partial charge in [-0.15, -0.1) is 20.5 Å². The van der Waals surface area contributed by atoms with Crippen molar-refractivity contribution in [2.75, 3.05) is 0 Å². The summed E-state index contributed by atoms with van der Waals surface area (Å²) in [6, 6.07) is 9.92. The maximum atomic E-state index is 12.8. The Balaban J connectivity index is 1.61. The Morgan fingerprint density at radius 1 is 0.576 bits per heavy atom. The van der Waals surface area contributed by atoms with Crippen LogP contribution in [0.2, 0.25) is 0 Å². The Hall–Kier alpha value is -2.58. The van der Waals surface area contributed by atoms with Crippen LogP contribution in [0.1, 0.15) is 98.4 Å². The molecule has 2 heterocycles. The van der Waals surface area contributed by atoms with Crippen LogP contribution in [-0.2, 0) is 37.3 Å². The molecular weight excluding hydrogens is 420 g/mol. The second-order valence-corrected chi connectivity index (χ2v) is 11.0. The minimum absolute atomic E-state index is 0.203. The van der Waals surface area contributed by atoms with E-state index in [1.54, 1.807) is 64.1 Å². The number of hydroxylamine groups is 4. The second kappa shape index (κ2) is 6.96. The maximum Gasteiger partial charge on any atom is 0.346 e. The highest BCUT2D eigenvalue weighted by atomic mass is 16.6. The summed E-state index contributed by atoms with van der Waals surface area (Å²) in [7, 11) is 0. The lowest BCUT2D eigenvalue weighted by atomic mass is 9.89. The van der Waals surface area contributed by atoms with Crippen LogP contribution in [0, 0.1) is 0 Å². The number of fused-ring (bicyclic) bond motifs is 2. The lowest BCUT2D eigenvalue weighted by molar-refractivity contribution is -0.266. The number of benzene rings is 2. The predicted octanol–water partition coefficient (Wildman–Crippen LogP) is 4.95. The van der Waals surface area contributed by atoms with Crippen molar-refractivity contribution in [3.8, 4) is 0 Å². The smallest absolute Gasteiger partial charge is 0.346 e. The van der Waals surface area contributed by atoms with Crippen LogP contribution in [0.3, 0.4) is 0 Å². The van der Waals surface area contributed by atoms with Crippen LogP contribution in [0.15, 0.2) is 36.4 Å². The molecule has 0 unspecified atom stereocenters. The highest BCUT2D eigenvalue weighted by Gasteiger charge is 2.51. The van der Waals surface area contributed by atoms with E-state index in [4.69, 9.17) is 4.74 Å². The van der Waals surface area contributed by atoms with Gasteiger partial charge in [0.2, 0.25) is 0 Å². The van der Waals surface area contributed by atoms with Gasteiger partial charge in [-0.1, -0.05) is 12.1 Å². The fraction of sp³-hybridized carbons (Fsp3) is 0.462. The zero-order valence-electron chi connectivity index (χ0n) is 20.4. The lowest BCUT2D eigenvalue weighted by Crippen LogP contribution is -2.41. The van der Waals surface area contributed by atoms with Crippen molar-refractivity contribution in [1.29, 1.82) is 0 Å². The van der Waals surface area contributed by atoms with E-state index >= 15 is 0 Å². The Morgan fingerprint density at radius 2 is 0.879 bits per heavy atom. The fourth-order valence-electron chi connectivity index (χ4n) is 5.46. The topological polar surface area (TPSA) is 89.7 Å². The third kappa shape index (κ3) is 3.18. The minimum atomic E-state index is -0.818. The number of nitrogens with zero attached hydrogens (tertiary/aromatic N) is 2. The van der Waals surface area contributed by atoms with Gasteiger partial charge in [-0.25, -0.2) is 9.59 Å². The van der Waals surface area contributed by atoms with Gasteiger partial charge in [0.1, 0.15) is 0 Å². The maximum absolute atomic E-state index is 12.8. The molecule has 2 aliphatic heterocycles. The Labute approximate surface area is 194 Å². The highest BCUT2D eigenvalue weighted by Crippen LogP contribution is 2.49. The Kier molecular flexibility index (Phi) is 4.97. The van der Waals surface area contributed by atoms with Crippen LogP contribution >= 0.6 is 0 Å². The molecule has 2 aromatic rings. The first-order chi connectivity index (χ1) is 15.0. The van der Waals surface area contributed by atoms with E-state index in [1.165, 1.54) is 0 Å². The van der Waals surface area contributed by atoms with Crippen molar-refractivity contribution >= 4 is 11.9 Å². The SMILES string of the molecule is CC1(C)c2ccc(C(=O)OC(=O)c3ccc4c(c3)C(C)(C)N([O])C4(C)C)cc2C(C)(C)N1[O]. The number of carbonyl (C=O) groups excluding carboxylic acids is 2. The molecule has 7 nitrogen and oxygen atoms in total. The summed E-state index contributed by atoms with van der Waals surface area (Å²) in [5, 5.41) is 27.6. The summed E-state index contributed by atoms with van der Waals surface area (Å²) >= 11 is 0. The summed E-state index contributed by atoms with van der Waals surface area (Å²) in [5.41, 5.74) is 0.484. The molecule has 0 fully saturated rings. The van der Waals surface area contributed by atoms with Gasteiger partial charge in [-0.2, -0.15) is 0 Å². The molecule has 7 heteroatoms. The third-order valence-corrected chi connectivity index (χ3v) is 7.36. The molecule has 0 bridgehead atoms. The van der Waals surface area contributed by atoms with Crippen molar-refractivity contribution < 1.29 is 24.7 Å². The van der Waals surface area contributed by atoms with E-state index in [2.05, 4.69) is 0 Å². The number of hydrogen-bond donors (Lipinski definition) is 0. The first-order valence-corrected chi connectivity index (χ1v) is 11.1. The lowest BCUT2D eigenvalue weighted by Gasteiger charge is -2.32. The fourth-order valence-corrected chi connectivity index (χ4v) is 5.46. The molecule has 0 spiro atoms. The van der Waals surface area contributed by atoms with E-state index in [9.17, 15) is 20.0 Å². The monoisotopic (exact) mass is 450 g/mol. The van der Waals surface area contributed by atoms with Gasteiger partial charge < -0.3 is 4.74 Å². The van der Waals surface area contributed by atoms with Gasteiger partial charge >= 0.3 is 11.9 Å². The van der Waals surface area contributed by atoms with E-state index in [1.807, 2.05) is 27.7 Å². The molecule has 0 saturated heterocycles. The molecule has 2 radical (unpaired) electrons. The summed E-state index contributed by atoms with van der Waals surface area (Å²) in [6.07, 6.45) is 0. The average Bonchev–Trinajstić information content (AvgIpc) is 2.97. The quantitative estimate of drug-likeness (QED) is 0.477. The molecule has 0 amide bonds. The van der Waals surface area contributed by atoms with Crippen LogP contribution in [0.25, 0.3) is 0 Å². The van der Waals surface area contributed by atoms with Gasteiger partial charge in [0.15, 0.2) is 0 Å². The molecule has 174 valence electrons. The van der Waals surface area contributed by atoms with Gasteiger partial charge in [-0.3, -0.25) is 0 Å². The largest absolute Gasteiger partial charge is 0.386 e. The molecule has 4 rings (SSSR count). The number of rotatable bonds is 2. The minimum Gasteiger partial charge on any atom is -0.386 e. The zero-order chi connectivity index (χ0) is 24.7. The number of carbonyl (C=O) groups is 2. The van der Waals surface area contributed by atoms with Crippen LogP contribution in [0.4, 0.5) is 0 Å². The predicted molar refractivity (Wildman–Crippen MR) is 120 cm³/mol. The number of hydrogen-bond acceptors (Lipinski definition) is 5. The molecule has 0 N–H and O–H groups in total. The van der Waals surface area contributed by atoms with E-state index in [0.717, 1.165) is 32.4 Å². The normalized spacial score (nSPS) is 22.0. The summed E-state index contributed by atoms with van der Waals surface area (Å²) in [6.45, 7) is 14.6. The van der Waals surface area contributed by atoms with Crippen LogP contribution in [0.5, 0.6) is 0 Å². The number of esters is 2. The Morgan fingerprint density at radius 3 is 1.21 bits per heavy atom. The zero-order valence-corrected chi connectivity index (χ0v) is 20.4. The highest BCUT2D eigenvalue weighted by molar-refractivity contribution is 6.03. The molecule has 0 aliphatic carbocycles. The van der Waals surface area contributed by atoms with Crippen molar-refractivity contribution in [2.45, 2.75) is 77.5 Å².